The van der Waals surface area contributed by atoms with E-state index in [0.29, 0.717) is 12.3 Å². The zero-order valence-electron chi connectivity index (χ0n) is 6.19. The molecule has 0 aliphatic carbocycles. The van der Waals surface area contributed by atoms with Gasteiger partial charge in [0.05, 0.1) is 0 Å². The van der Waals surface area contributed by atoms with Crippen LogP contribution in [0.1, 0.15) is 15.7 Å². The van der Waals surface area contributed by atoms with Crippen LogP contribution >= 0.6 is 11.6 Å². The Morgan fingerprint density at radius 2 is 2.29 bits per heavy atom. The van der Waals surface area contributed by atoms with E-state index in [9.17, 15) is 4.79 Å². The van der Waals surface area contributed by atoms with Gasteiger partial charge in [0.1, 0.15) is 6.29 Å². The van der Waals surface area contributed by atoms with Crippen LogP contribution in [-0.2, 0) is 4.79 Å². The molecule has 0 radical (unpaired) electrons. The summed E-state index contributed by atoms with van der Waals surface area (Å²) in [5.41, 5.74) is 0. The van der Waals surface area contributed by atoms with Crippen molar-refractivity contribution in [3.8, 4) is 0 Å². The summed E-state index contributed by atoms with van der Waals surface area (Å²) in [5, 5.41) is 0. The second kappa shape index (κ2) is 9.87. The van der Waals surface area contributed by atoms with E-state index in [4.69, 9.17) is 11.6 Å². The second-order valence-electron chi connectivity index (χ2n) is 0.998. The SMILES string of the molecule is O=CCCCCl.[H-].[H-].[Mg+2]. The van der Waals surface area contributed by atoms with Crippen LogP contribution in [0.25, 0.3) is 0 Å². The Hall–Kier alpha value is 0.726. The average molecular weight is 133 g/mol. The Balaban J connectivity index is -0.0000000417. The number of alkyl halides is 1. The average Bonchev–Trinajstić information content (AvgIpc) is 1.61. The summed E-state index contributed by atoms with van der Waals surface area (Å²) in [6.45, 7) is 0. The van der Waals surface area contributed by atoms with Crippen molar-refractivity contribution in [3.05, 3.63) is 0 Å². The smallest absolute Gasteiger partial charge is 1.00 e. The summed E-state index contributed by atoms with van der Waals surface area (Å²) in [6, 6.07) is 0. The van der Waals surface area contributed by atoms with Crippen molar-refractivity contribution < 1.29 is 7.65 Å². The van der Waals surface area contributed by atoms with Gasteiger partial charge in [-0.1, -0.05) is 0 Å². The number of halogens is 1. The number of rotatable bonds is 3. The summed E-state index contributed by atoms with van der Waals surface area (Å²) >= 11 is 5.22. The topological polar surface area (TPSA) is 17.1 Å². The minimum atomic E-state index is 0. The van der Waals surface area contributed by atoms with Crippen molar-refractivity contribution >= 4 is 40.9 Å². The van der Waals surface area contributed by atoms with Crippen LogP contribution in [0.15, 0.2) is 0 Å². The van der Waals surface area contributed by atoms with Crippen LogP contribution in [0.4, 0.5) is 0 Å². The maximum Gasteiger partial charge on any atom is 2.00 e. The van der Waals surface area contributed by atoms with Crippen molar-refractivity contribution in [1.82, 2.24) is 0 Å². The van der Waals surface area contributed by atoms with Gasteiger partial charge in [-0.3, -0.25) is 0 Å². The van der Waals surface area contributed by atoms with Gasteiger partial charge in [0.25, 0.3) is 0 Å². The summed E-state index contributed by atoms with van der Waals surface area (Å²) in [5.74, 6) is 0.596. The van der Waals surface area contributed by atoms with E-state index in [-0.39, 0.29) is 25.9 Å². The zero-order chi connectivity index (χ0) is 4.83. The largest absolute Gasteiger partial charge is 2.00 e. The molecule has 0 heterocycles. The van der Waals surface area contributed by atoms with Crippen molar-refractivity contribution in [2.75, 3.05) is 5.88 Å². The van der Waals surface area contributed by atoms with Crippen molar-refractivity contribution in [3.63, 3.8) is 0 Å². The van der Waals surface area contributed by atoms with Crippen LogP contribution in [-0.4, -0.2) is 35.2 Å². The summed E-state index contributed by atoms with van der Waals surface area (Å²) in [7, 11) is 0. The first kappa shape index (κ1) is 10.7. The van der Waals surface area contributed by atoms with Gasteiger partial charge in [0.15, 0.2) is 0 Å². The van der Waals surface area contributed by atoms with Crippen LogP contribution in [0, 0.1) is 0 Å². The monoisotopic (exact) mass is 132 g/mol. The number of unbranched alkanes of at least 4 members (excludes halogenated alkanes) is 1. The third-order valence-electron chi connectivity index (χ3n) is 0.456. The maximum atomic E-state index is 9.51. The molecule has 0 aromatic rings. The van der Waals surface area contributed by atoms with E-state index in [2.05, 4.69) is 0 Å². The third kappa shape index (κ3) is 10.8. The fourth-order valence-corrected chi connectivity index (χ4v) is 0.315. The van der Waals surface area contributed by atoms with Gasteiger partial charge in [0.2, 0.25) is 0 Å². The molecule has 0 rings (SSSR count). The predicted molar refractivity (Wildman–Crippen MR) is 34.0 cm³/mol. The van der Waals surface area contributed by atoms with Gasteiger partial charge >= 0.3 is 23.1 Å². The van der Waals surface area contributed by atoms with E-state index in [1.807, 2.05) is 0 Å². The van der Waals surface area contributed by atoms with E-state index >= 15 is 0 Å². The molecule has 1 nitrogen and oxygen atoms in total. The number of aldehydes is 1. The van der Waals surface area contributed by atoms with Crippen LogP contribution in [0.2, 0.25) is 0 Å². The summed E-state index contributed by atoms with van der Waals surface area (Å²) in [4.78, 5) is 9.51. The van der Waals surface area contributed by atoms with Crippen LogP contribution in [0.5, 0.6) is 0 Å². The molecule has 0 aliphatic heterocycles. The van der Waals surface area contributed by atoms with Gasteiger partial charge in [-0.15, -0.1) is 11.6 Å². The normalized spacial score (nSPS) is 7.00. The third-order valence-corrected chi connectivity index (χ3v) is 0.723. The van der Waals surface area contributed by atoms with E-state index in [1.54, 1.807) is 0 Å². The molecular weight excluding hydrogens is 124 g/mol. The standard InChI is InChI=1S/C4H7ClO.Mg.2H/c5-3-1-2-4-6;;;/h4H,1-3H2;;;/q;+2;2*-1. The first-order valence-corrected chi connectivity index (χ1v) is 2.45. The summed E-state index contributed by atoms with van der Waals surface area (Å²) in [6.07, 6.45) is 2.29. The molecule has 3 heteroatoms. The van der Waals surface area contributed by atoms with Crippen molar-refractivity contribution in [2.45, 2.75) is 12.8 Å². The predicted octanol–water partition coefficient (Wildman–Crippen LogP) is 1.05. The van der Waals surface area contributed by atoms with Gasteiger partial charge in [-0.2, -0.15) is 0 Å². The number of carbonyl (C=O) groups is 1. The molecule has 0 N–H and O–H groups in total. The molecule has 0 unspecified atom stereocenters. The number of carbonyl (C=O) groups excluding carboxylic acids is 1. The van der Waals surface area contributed by atoms with Gasteiger partial charge in [0, 0.05) is 12.3 Å². The Kier molecular flexibility index (Phi) is 15.0. The molecule has 0 spiro atoms. The molecule has 0 bridgehead atoms. The molecule has 0 amide bonds. The molecule has 0 aliphatic rings. The molecule has 0 fully saturated rings. The van der Waals surface area contributed by atoms with Crippen LogP contribution in [0.3, 0.4) is 0 Å². The van der Waals surface area contributed by atoms with Crippen LogP contribution < -0.4 is 0 Å². The molecule has 40 valence electrons. The molecule has 0 aromatic carbocycles. The minimum absolute atomic E-state index is 0. The molecule has 7 heavy (non-hydrogen) atoms. The quantitative estimate of drug-likeness (QED) is 0.243. The first-order chi connectivity index (χ1) is 2.91. The zero-order valence-corrected chi connectivity index (χ0v) is 6.36. The summed E-state index contributed by atoms with van der Waals surface area (Å²) < 4.78 is 0. The van der Waals surface area contributed by atoms with Gasteiger partial charge in [-0.25, -0.2) is 0 Å². The van der Waals surface area contributed by atoms with Gasteiger partial charge < -0.3 is 7.65 Å². The molecule has 0 saturated carbocycles. The first-order valence-electron chi connectivity index (χ1n) is 1.91. The fraction of sp³-hybridized carbons (Fsp3) is 0.750. The number of hydrogen-bond donors (Lipinski definition) is 0. The minimum Gasteiger partial charge on any atom is -1.00 e. The molecule has 0 atom stereocenters. The second-order valence-corrected chi connectivity index (χ2v) is 1.38. The molecule has 0 aromatic heterocycles. The van der Waals surface area contributed by atoms with Gasteiger partial charge in [-0.05, 0) is 6.42 Å². The number of hydrogen-bond acceptors (Lipinski definition) is 1. The van der Waals surface area contributed by atoms with Crippen molar-refractivity contribution in [1.29, 1.82) is 0 Å². The maximum absolute atomic E-state index is 9.51. The fourth-order valence-electron chi connectivity index (χ4n) is 0.160. The van der Waals surface area contributed by atoms with E-state index < -0.39 is 0 Å². The Bertz CT molecular complexity index is 47.5. The van der Waals surface area contributed by atoms with E-state index in [0.717, 1.165) is 12.7 Å². The molecular formula is C4H9ClMgO. The van der Waals surface area contributed by atoms with E-state index in [1.165, 1.54) is 0 Å². The van der Waals surface area contributed by atoms with Crippen molar-refractivity contribution in [2.24, 2.45) is 0 Å². The Labute approximate surface area is 67.5 Å². The Morgan fingerprint density at radius 1 is 1.71 bits per heavy atom. The molecule has 0 saturated heterocycles. The Morgan fingerprint density at radius 3 is 2.43 bits per heavy atom.